The van der Waals surface area contributed by atoms with Crippen molar-refractivity contribution in [2.75, 3.05) is 7.11 Å². The van der Waals surface area contributed by atoms with Crippen molar-refractivity contribution in [2.24, 2.45) is 0 Å². The molecule has 100 valence electrons. The minimum absolute atomic E-state index is 0.186. The monoisotopic (exact) mass is 268 g/mol. The molecule has 20 heavy (non-hydrogen) atoms. The maximum Gasteiger partial charge on any atom is 0.337 e. The molecule has 2 aromatic heterocycles. The third-order valence-corrected chi connectivity index (χ3v) is 3.06. The molecule has 0 aliphatic carbocycles. The fourth-order valence-corrected chi connectivity index (χ4v) is 2.10. The van der Waals surface area contributed by atoms with Gasteiger partial charge in [-0.1, -0.05) is 12.1 Å². The number of methoxy groups -OCH3 is 1. The highest BCUT2D eigenvalue weighted by Gasteiger charge is 2.10. The summed E-state index contributed by atoms with van der Waals surface area (Å²) in [5, 5.41) is 9.53. The van der Waals surface area contributed by atoms with Crippen molar-refractivity contribution in [1.29, 1.82) is 0 Å². The molecule has 3 rings (SSSR count). The number of aromatic hydroxyl groups is 1. The zero-order chi connectivity index (χ0) is 14.1. The highest BCUT2D eigenvalue weighted by Crippen LogP contribution is 2.23. The second-order valence-corrected chi connectivity index (χ2v) is 4.33. The Bertz CT molecular complexity index is 793. The number of esters is 1. The van der Waals surface area contributed by atoms with Crippen LogP contribution >= 0.6 is 0 Å². The molecule has 0 radical (unpaired) electrons. The number of aromatic nitrogens is 2. The summed E-state index contributed by atoms with van der Waals surface area (Å²) in [5.41, 5.74) is 2.06. The molecule has 0 aliphatic rings. The van der Waals surface area contributed by atoms with Gasteiger partial charge in [0.15, 0.2) is 0 Å². The lowest BCUT2D eigenvalue weighted by Crippen LogP contribution is -2.01. The number of hydrogen-bond donors (Lipinski definition) is 1. The van der Waals surface area contributed by atoms with E-state index in [-0.39, 0.29) is 11.7 Å². The van der Waals surface area contributed by atoms with Crippen molar-refractivity contribution in [3.8, 4) is 17.1 Å². The number of fused-ring (bicyclic) bond motifs is 1. The molecule has 3 aromatic rings. The number of nitrogens with zero attached hydrogens (tertiary/aromatic N) is 2. The SMILES string of the molecule is COC(=O)c1ccn2c(-c3cccc(O)c3)ncc2c1. The molecule has 0 aliphatic heterocycles. The van der Waals surface area contributed by atoms with Crippen LogP contribution in [0.2, 0.25) is 0 Å². The normalized spacial score (nSPS) is 10.7. The molecule has 0 spiro atoms. The van der Waals surface area contributed by atoms with Gasteiger partial charge >= 0.3 is 5.97 Å². The first-order chi connectivity index (χ1) is 9.69. The number of phenols is 1. The van der Waals surface area contributed by atoms with Gasteiger partial charge in [-0.2, -0.15) is 0 Å². The second-order valence-electron chi connectivity index (χ2n) is 4.33. The first-order valence-electron chi connectivity index (χ1n) is 6.04. The van der Waals surface area contributed by atoms with E-state index >= 15 is 0 Å². The Kier molecular flexibility index (Phi) is 2.87. The lowest BCUT2D eigenvalue weighted by molar-refractivity contribution is 0.0600. The Morgan fingerprint density at radius 2 is 2.15 bits per heavy atom. The highest BCUT2D eigenvalue weighted by molar-refractivity contribution is 5.90. The Morgan fingerprint density at radius 3 is 2.90 bits per heavy atom. The van der Waals surface area contributed by atoms with E-state index in [1.54, 1.807) is 42.7 Å². The first kappa shape index (κ1) is 12.2. The quantitative estimate of drug-likeness (QED) is 0.725. The van der Waals surface area contributed by atoms with Crippen LogP contribution in [-0.4, -0.2) is 27.6 Å². The zero-order valence-corrected chi connectivity index (χ0v) is 10.8. The van der Waals surface area contributed by atoms with Crippen molar-refractivity contribution in [2.45, 2.75) is 0 Å². The van der Waals surface area contributed by atoms with Gasteiger partial charge in [0.2, 0.25) is 0 Å². The van der Waals surface area contributed by atoms with Gasteiger partial charge in [-0.3, -0.25) is 4.40 Å². The third kappa shape index (κ3) is 1.99. The Hall–Kier alpha value is -2.82. The number of hydrogen-bond acceptors (Lipinski definition) is 4. The van der Waals surface area contributed by atoms with Crippen LogP contribution in [0.1, 0.15) is 10.4 Å². The Morgan fingerprint density at radius 1 is 1.30 bits per heavy atom. The summed E-state index contributed by atoms with van der Waals surface area (Å²) in [7, 11) is 1.35. The summed E-state index contributed by atoms with van der Waals surface area (Å²) in [6.07, 6.45) is 3.43. The molecule has 2 heterocycles. The third-order valence-electron chi connectivity index (χ3n) is 3.06. The molecule has 1 N–H and O–H groups in total. The van der Waals surface area contributed by atoms with E-state index in [4.69, 9.17) is 4.74 Å². The summed E-state index contributed by atoms with van der Waals surface area (Å²) >= 11 is 0. The van der Waals surface area contributed by atoms with Crippen LogP contribution < -0.4 is 0 Å². The summed E-state index contributed by atoms with van der Waals surface area (Å²) in [5.74, 6) is 0.505. The predicted octanol–water partition coefficient (Wildman–Crippen LogP) is 2.49. The molecule has 5 heteroatoms. The Labute approximate surface area is 115 Å². The molecule has 0 unspecified atom stereocenters. The van der Waals surface area contributed by atoms with E-state index in [0.29, 0.717) is 11.4 Å². The van der Waals surface area contributed by atoms with E-state index in [1.165, 1.54) is 7.11 Å². The standard InChI is InChI=1S/C15H12N2O3/c1-20-15(19)11-5-6-17-12(7-11)9-16-14(17)10-3-2-4-13(18)8-10/h2-9,18H,1H3. The van der Waals surface area contributed by atoms with Gasteiger partial charge in [-0.25, -0.2) is 9.78 Å². The Balaban J connectivity index is 2.13. The molecule has 0 amide bonds. The predicted molar refractivity (Wildman–Crippen MR) is 73.6 cm³/mol. The lowest BCUT2D eigenvalue weighted by atomic mass is 10.2. The molecule has 0 fully saturated rings. The number of carbonyl (C=O) groups excluding carboxylic acids is 1. The molecular weight excluding hydrogens is 256 g/mol. The topological polar surface area (TPSA) is 63.8 Å². The highest BCUT2D eigenvalue weighted by atomic mass is 16.5. The van der Waals surface area contributed by atoms with E-state index in [9.17, 15) is 9.90 Å². The van der Waals surface area contributed by atoms with Crippen molar-refractivity contribution >= 4 is 11.5 Å². The van der Waals surface area contributed by atoms with E-state index in [0.717, 1.165) is 11.1 Å². The van der Waals surface area contributed by atoms with Crippen LogP contribution in [0.15, 0.2) is 48.8 Å². The number of carbonyl (C=O) groups is 1. The summed E-state index contributed by atoms with van der Waals surface area (Å²) in [6.45, 7) is 0. The number of phenolic OH excluding ortho intramolecular Hbond substituents is 1. The van der Waals surface area contributed by atoms with Gasteiger partial charge in [0.1, 0.15) is 11.6 Å². The number of rotatable bonds is 2. The lowest BCUT2D eigenvalue weighted by Gasteiger charge is -2.04. The smallest absolute Gasteiger partial charge is 0.337 e. The van der Waals surface area contributed by atoms with Gasteiger partial charge in [0, 0.05) is 11.8 Å². The average Bonchev–Trinajstić information content (AvgIpc) is 2.89. The van der Waals surface area contributed by atoms with Gasteiger partial charge in [-0.05, 0) is 24.3 Å². The number of pyridine rings is 1. The minimum Gasteiger partial charge on any atom is -0.508 e. The summed E-state index contributed by atoms with van der Waals surface area (Å²) in [6, 6.07) is 10.3. The van der Waals surface area contributed by atoms with Crippen LogP contribution in [0.3, 0.4) is 0 Å². The fourth-order valence-electron chi connectivity index (χ4n) is 2.10. The molecule has 0 saturated heterocycles. The number of benzene rings is 1. The second kappa shape index (κ2) is 4.70. The molecule has 5 nitrogen and oxygen atoms in total. The van der Waals surface area contributed by atoms with Crippen molar-refractivity contribution in [3.63, 3.8) is 0 Å². The maximum absolute atomic E-state index is 11.5. The molecule has 0 bridgehead atoms. The first-order valence-corrected chi connectivity index (χ1v) is 6.04. The summed E-state index contributed by atoms with van der Waals surface area (Å²) in [4.78, 5) is 15.8. The fraction of sp³-hybridized carbons (Fsp3) is 0.0667. The van der Waals surface area contributed by atoms with Gasteiger partial charge in [0.05, 0.1) is 24.4 Å². The van der Waals surface area contributed by atoms with E-state index in [1.807, 2.05) is 10.5 Å². The zero-order valence-electron chi connectivity index (χ0n) is 10.8. The summed E-state index contributed by atoms with van der Waals surface area (Å²) < 4.78 is 6.54. The van der Waals surface area contributed by atoms with Crippen molar-refractivity contribution in [1.82, 2.24) is 9.38 Å². The number of imidazole rings is 1. The van der Waals surface area contributed by atoms with E-state index < -0.39 is 0 Å². The molecular formula is C15H12N2O3. The van der Waals surface area contributed by atoms with Crippen LogP contribution in [0.5, 0.6) is 5.75 Å². The van der Waals surface area contributed by atoms with Crippen LogP contribution in [0.4, 0.5) is 0 Å². The maximum atomic E-state index is 11.5. The van der Waals surface area contributed by atoms with Gasteiger partial charge in [-0.15, -0.1) is 0 Å². The van der Waals surface area contributed by atoms with Crippen LogP contribution in [0, 0.1) is 0 Å². The minimum atomic E-state index is -0.382. The number of ether oxygens (including phenoxy) is 1. The molecule has 0 saturated carbocycles. The van der Waals surface area contributed by atoms with Crippen LogP contribution in [-0.2, 0) is 4.74 Å². The van der Waals surface area contributed by atoms with Gasteiger partial charge < -0.3 is 9.84 Å². The molecule has 0 atom stereocenters. The van der Waals surface area contributed by atoms with Crippen molar-refractivity contribution in [3.05, 3.63) is 54.4 Å². The average molecular weight is 268 g/mol. The van der Waals surface area contributed by atoms with Crippen molar-refractivity contribution < 1.29 is 14.6 Å². The van der Waals surface area contributed by atoms with Crippen LogP contribution in [0.25, 0.3) is 16.9 Å². The molecule has 1 aromatic carbocycles. The van der Waals surface area contributed by atoms with Gasteiger partial charge in [0.25, 0.3) is 0 Å². The largest absolute Gasteiger partial charge is 0.508 e. The van der Waals surface area contributed by atoms with E-state index in [2.05, 4.69) is 4.98 Å².